The Hall–Kier alpha value is -0.120. The van der Waals surface area contributed by atoms with Gasteiger partial charge in [-0.15, -0.1) is 0 Å². The van der Waals surface area contributed by atoms with Crippen LogP contribution < -0.4 is 0 Å². The zero-order valence-electron chi connectivity index (χ0n) is 12.6. The number of hydrogen-bond donors (Lipinski definition) is 1. The summed E-state index contributed by atoms with van der Waals surface area (Å²) in [6.45, 7) is 3.97. The van der Waals surface area contributed by atoms with Crippen molar-refractivity contribution in [3.05, 3.63) is 0 Å². The molecule has 19 heavy (non-hydrogen) atoms. The first-order valence-corrected chi connectivity index (χ1v) is 8.22. The molecule has 0 spiro atoms. The zero-order chi connectivity index (χ0) is 13.8. The molecule has 1 N–H and O–H groups in total. The van der Waals surface area contributed by atoms with Gasteiger partial charge in [0.15, 0.2) is 0 Å². The number of aliphatic hydroxyl groups excluding tert-OH is 1. The summed E-state index contributed by atoms with van der Waals surface area (Å²) in [6, 6.07) is 0. The summed E-state index contributed by atoms with van der Waals surface area (Å²) < 4.78 is 11.1. The van der Waals surface area contributed by atoms with E-state index in [1.165, 1.54) is 44.9 Å². The van der Waals surface area contributed by atoms with Gasteiger partial charge in [-0.05, 0) is 19.8 Å². The summed E-state index contributed by atoms with van der Waals surface area (Å²) in [5.74, 6) is 0. The average molecular weight is 272 g/mol. The lowest BCUT2D eigenvalue weighted by Gasteiger charge is -2.24. The van der Waals surface area contributed by atoms with Crippen LogP contribution in [0.15, 0.2) is 0 Å². The van der Waals surface area contributed by atoms with Gasteiger partial charge in [0, 0.05) is 6.61 Å². The fraction of sp³-hybridized carbons (Fsp3) is 1.00. The average Bonchev–Trinajstić information content (AvgIpc) is 2.41. The van der Waals surface area contributed by atoms with Gasteiger partial charge in [-0.3, -0.25) is 0 Å². The van der Waals surface area contributed by atoms with E-state index < -0.39 is 0 Å². The second-order valence-corrected chi connectivity index (χ2v) is 5.58. The topological polar surface area (TPSA) is 38.7 Å². The molecule has 1 saturated carbocycles. The highest BCUT2D eigenvalue weighted by Gasteiger charge is 2.19. The van der Waals surface area contributed by atoms with Gasteiger partial charge in [0.1, 0.15) is 0 Å². The van der Waals surface area contributed by atoms with Crippen molar-refractivity contribution in [2.24, 2.45) is 0 Å². The molecule has 2 atom stereocenters. The lowest BCUT2D eigenvalue weighted by molar-refractivity contribution is -0.0625. The number of ether oxygens (including phenoxy) is 2. The highest BCUT2D eigenvalue weighted by atomic mass is 16.5. The van der Waals surface area contributed by atoms with Gasteiger partial charge in [0.05, 0.1) is 25.4 Å². The minimum atomic E-state index is -0.291. The molecular formula is C16H32O3. The van der Waals surface area contributed by atoms with Crippen molar-refractivity contribution in [1.29, 1.82) is 0 Å². The van der Waals surface area contributed by atoms with Crippen LogP contribution in [0.2, 0.25) is 0 Å². The Bertz CT molecular complexity index is 194. The van der Waals surface area contributed by atoms with Gasteiger partial charge in [-0.2, -0.15) is 0 Å². The molecule has 114 valence electrons. The van der Waals surface area contributed by atoms with Gasteiger partial charge in [-0.25, -0.2) is 0 Å². The molecule has 0 aromatic heterocycles. The zero-order valence-corrected chi connectivity index (χ0v) is 12.6. The van der Waals surface area contributed by atoms with E-state index in [-0.39, 0.29) is 12.2 Å². The summed E-state index contributed by atoms with van der Waals surface area (Å²) in [5.41, 5.74) is 0. The van der Waals surface area contributed by atoms with Crippen LogP contribution in [-0.2, 0) is 9.47 Å². The van der Waals surface area contributed by atoms with E-state index in [1.807, 2.05) is 6.92 Å². The Morgan fingerprint density at radius 2 is 1.42 bits per heavy atom. The Balaban J connectivity index is 2.29. The minimum absolute atomic E-state index is 0.0138. The van der Waals surface area contributed by atoms with Crippen LogP contribution in [-0.4, -0.2) is 37.1 Å². The van der Waals surface area contributed by atoms with E-state index in [0.29, 0.717) is 13.2 Å². The van der Waals surface area contributed by atoms with Crippen LogP contribution in [0.4, 0.5) is 0 Å². The van der Waals surface area contributed by atoms with Crippen molar-refractivity contribution in [3.63, 3.8) is 0 Å². The predicted octanol–water partition coefficient (Wildman–Crippen LogP) is 3.68. The summed E-state index contributed by atoms with van der Waals surface area (Å²) in [5, 5.41) is 10.2. The first kappa shape index (κ1) is 16.9. The molecule has 3 heteroatoms. The molecule has 0 bridgehead atoms. The lowest BCUT2D eigenvalue weighted by Crippen LogP contribution is -2.30. The fourth-order valence-electron chi connectivity index (χ4n) is 2.74. The molecule has 0 aromatic carbocycles. The molecule has 3 nitrogen and oxygen atoms in total. The smallest absolute Gasteiger partial charge is 0.0835 e. The maximum Gasteiger partial charge on any atom is 0.0835 e. The molecule has 0 heterocycles. The SMILES string of the molecule is CCOCCOC1CCCCCCCCCCC1O. The van der Waals surface area contributed by atoms with Crippen molar-refractivity contribution in [2.75, 3.05) is 19.8 Å². The minimum Gasteiger partial charge on any atom is -0.390 e. The normalized spacial score (nSPS) is 27.5. The van der Waals surface area contributed by atoms with Gasteiger partial charge < -0.3 is 14.6 Å². The monoisotopic (exact) mass is 272 g/mol. The van der Waals surface area contributed by atoms with Crippen molar-refractivity contribution in [1.82, 2.24) is 0 Å². The van der Waals surface area contributed by atoms with Crippen LogP contribution in [0, 0.1) is 0 Å². The highest BCUT2D eigenvalue weighted by Crippen LogP contribution is 2.19. The maximum absolute atomic E-state index is 10.2. The third-order valence-electron chi connectivity index (χ3n) is 3.93. The Labute approximate surface area is 118 Å². The van der Waals surface area contributed by atoms with Crippen molar-refractivity contribution in [2.45, 2.75) is 83.3 Å². The molecule has 1 rings (SSSR count). The van der Waals surface area contributed by atoms with E-state index in [4.69, 9.17) is 9.47 Å². The highest BCUT2D eigenvalue weighted by molar-refractivity contribution is 4.70. The largest absolute Gasteiger partial charge is 0.390 e. The molecule has 0 radical (unpaired) electrons. The summed E-state index contributed by atoms with van der Waals surface area (Å²) in [4.78, 5) is 0. The first-order valence-electron chi connectivity index (χ1n) is 8.22. The first-order chi connectivity index (χ1) is 9.34. The molecule has 1 aliphatic carbocycles. The lowest BCUT2D eigenvalue weighted by atomic mass is 9.97. The molecule has 0 aliphatic heterocycles. The van der Waals surface area contributed by atoms with E-state index in [2.05, 4.69) is 0 Å². The number of aliphatic hydroxyl groups is 1. The third-order valence-corrected chi connectivity index (χ3v) is 3.93. The fourth-order valence-corrected chi connectivity index (χ4v) is 2.74. The van der Waals surface area contributed by atoms with Crippen molar-refractivity contribution >= 4 is 0 Å². The number of rotatable bonds is 5. The van der Waals surface area contributed by atoms with E-state index >= 15 is 0 Å². The molecule has 0 amide bonds. The second-order valence-electron chi connectivity index (χ2n) is 5.58. The van der Waals surface area contributed by atoms with Crippen molar-refractivity contribution < 1.29 is 14.6 Å². The molecular weight excluding hydrogens is 240 g/mol. The molecule has 2 unspecified atom stereocenters. The predicted molar refractivity (Wildman–Crippen MR) is 78.4 cm³/mol. The summed E-state index contributed by atoms with van der Waals surface area (Å²) in [7, 11) is 0. The third kappa shape index (κ3) is 8.61. The van der Waals surface area contributed by atoms with E-state index in [9.17, 15) is 5.11 Å². The van der Waals surface area contributed by atoms with Crippen LogP contribution in [0.3, 0.4) is 0 Å². The molecule has 0 saturated heterocycles. The Morgan fingerprint density at radius 1 is 0.842 bits per heavy atom. The Morgan fingerprint density at radius 3 is 2.05 bits per heavy atom. The molecule has 1 fully saturated rings. The van der Waals surface area contributed by atoms with Crippen molar-refractivity contribution in [3.8, 4) is 0 Å². The quantitative estimate of drug-likeness (QED) is 0.776. The van der Waals surface area contributed by atoms with Crippen LogP contribution in [0.25, 0.3) is 0 Å². The van der Waals surface area contributed by atoms with Crippen LogP contribution in [0.1, 0.15) is 71.1 Å². The van der Waals surface area contributed by atoms with Gasteiger partial charge in [-0.1, -0.05) is 51.4 Å². The van der Waals surface area contributed by atoms with E-state index in [1.54, 1.807) is 0 Å². The van der Waals surface area contributed by atoms with Crippen LogP contribution >= 0.6 is 0 Å². The summed E-state index contributed by atoms with van der Waals surface area (Å²) in [6.07, 6.45) is 11.8. The summed E-state index contributed by atoms with van der Waals surface area (Å²) >= 11 is 0. The Kier molecular flexibility index (Phi) is 10.4. The molecule has 0 aromatic rings. The molecule has 1 aliphatic rings. The standard InChI is InChI=1S/C16H32O3/c1-2-18-13-14-19-16-12-10-8-6-4-3-5-7-9-11-15(16)17/h15-17H,2-14H2,1H3. The number of hydrogen-bond acceptors (Lipinski definition) is 3. The second kappa shape index (κ2) is 11.7. The maximum atomic E-state index is 10.2. The van der Waals surface area contributed by atoms with Crippen LogP contribution in [0.5, 0.6) is 0 Å². The van der Waals surface area contributed by atoms with E-state index in [0.717, 1.165) is 25.9 Å². The van der Waals surface area contributed by atoms with Gasteiger partial charge >= 0.3 is 0 Å². The van der Waals surface area contributed by atoms with Gasteiger partial charge in [0.25, 0.3) is 0 Å². The van der Waals surface area contributed by atoms with Gasteiger partial charge in [0.2, 0.25) is 0 Å².